The van der Waals surface area contributed by atoms with Crippen LogP contribution in [0.5, 0.6) is 0 Å². The van der Waals surface area contributed by atoms with Gasteiger partial charge in [0.05, 0.1) is 4.92 Å². The van der Waals surface area contributed by atoms with Gasteiger partial charge in [0.25, 0.3) is 5.69 Å². The molecule has 1 amide bonds. The summed E-state index contributed by atoms with van der Waals surface area (Å²) < 4.78 is 5.49. The van der Waals surface area contributed by atoms with E-state index in [1.54, 1.807) is 6.07 Å². The van der Waals surface area contributed by atoms with Crippen molar-refractivity contribution in [3.63, 3.8) is 0 Å². The second kappa shape index (κ2) is 4.65. The first-order valence-electron chi connectivity index (χ1n) is 4.97. The van der Waals surface area contributed by atoms with Crippen LogP contribution < -0.4 is 0 Å². The maximum atomic E-state index is 11.4. The standard InChI is InChI=1S/C10H8N2O5S/c1-6-9(13)17-10(14)11(6)18-8-5-3-2-4-7(8)12(15)16/h2-6H,1H3/t6-/m0/s1. The zero-order chi connectivity index (χ0) is 13.3. The minimum Gasteiger partial charge on any atom is -0.374 e. The molecule has 1 aromatic carbocycles. The van der Waals surface area contributed by atoms with Gasteiger partial charge in [0, 0.05) is 18.0 Å². The average Bonchev–Trinajstić information content (AvgIpc) is 2.56. The lowest BCUT2D eigenvalue weighted by molar-refractivity contribution is -0.387. The van der Waals surface area contributed by atoms with Crippen molar-refractivity contribution in [1.29, 1.82) is 0 Å². The maximum Gasteiger partial charge on any atom is 0.428 e. The van der Waals surface area contributed by atoms with Gasteiger partial charge in [-0.2, -0.15) is 0 Å². The van der Waals surface area contributed by atoms with E-state index in [-0.39, 0.29) is 10.6 Å². The van der Waals surface area contributed by atoms with Crippen molar-refractivity contribution in [3.8, 4) is 0 Å². The fourth-order valence-corrected chi connectivity index (χ4v) is 2.32. The molecule has 8 heteroatoms. The predicted octanol–water partition coefficient (Wildman–Crippen LogP) is 1.97. The summed E-state index contributed by atoms with van der Waals surface area (Å²) in [7, 11) is 0. The lowest BCUT2D eigenvalue weighted by atomic mass is 10.3. The molecule has 1 fully saturated rings. The number of nitrogens with zero attached hydrogens (tertiary/aromatic N) is 2. The smallest absolute Gasteiger partial charge is 0.374 e. The van der Waals surface area contributed by atoms with Gasteiger partial charge in [0.15, 0.2) is 0 Å². The topological polar surface area (TPSA) is 89.8 Å². The SMILES string of the molecule is C[C@H]1C(=O)OC(=O)N1Sc1ccccc1[N+](=O)[O-]. The number of rotatable bonds is 3. The average molecular weight is 268 g/mol. The number of cyclic esters (lactones) is 2. The van der Waals surface area contributed by atoms with E-state index in [2.05, 4.69) is 4.74 Å². The first-order chi connectivity index (χ1) is 8.50. The minimum absolute atomic E-state index is 0.123. The Morgan fingerprint density at radius 1 is 1.39 bits per heavy atom. The summed E-state index contributed by atoms with van der Waals surface area (Å²) >= 11 is 0.822. The molecule has 0 N–H and O–H groups in total. The van der Waals surface area contributed by atoms with Gasteiger partial charge in [-0.15, -0.1) is 0 Å². The number of para-hydroxylation sites is 1. The van der Waals surface area contributed by atoms with Gasteiger partial charge in [0.1, 0.15) is 10.9 Å². The molecule has 1 aromatic rings. The van der Waals surface area contributed by atoms with Crippen molar-refractivity contribution in [1.82, 2.24) is 4.31 Å². The summed E-state index contributed by atoms with van der Waals surface area (Å²) in [6.07, 6.45) is -0.810. The summed E-state index contributed by atoms with van der Waals surface area (Å²) in [4.78, 5) is 33.1. The molecule has 0 bridgehead atoms. The van der Waals surface area contributed by atoms with Gasteiger partial charge >= 0.3 is 12.1 Å². The highest BCUT2D eigenvalue weighted by Gasteiger charge is 2.39. The fourth-order valence-electron chi connectivity index (χ4n) is 1.38. The number of carbonyl (C=O) groups is 2. The Morgan fingerprint density at radius 2 is 2.06 bits per heavy atom. The molecule has 1 atom stereocenters. The highest BCUT2D eigenvalue weighted by Crippen LogP contribution is 2.35. The quantitative estimate of drug-likeness (QED) is 0.274. The van der Waals surface area contributed by atoms with E-state index in [1.807, 2.05) is 0 Å². The molecule has 0 spiro atoms. The largest absolute Gasteiger partial charge is 0.428 e. The van der Waals surface area contributed by atoms with Crippen LogP contribution in [0.25, 0.3) is 0 Å². The number of ether oxygens (including phenoxy) is 1. The number of amides is 1. The zero-order valence-electron chi connectivity index (χ0n) is 9.23. The van der Waals surface area contributed by atoms with E-state index in [9.17, 15) is 19.7 Å². The molecule has 1 saturated heterocycles. The Hall–Kier alpha value is -2.09. The third-order valence-corrected chi connectivity index (χ3v) is 3.52. The Bertz CT molecular complexity index is 533. The number of carbonyl (C=O) groups excluding carboxylic acids is 2. The third kappa shape index (κ3) is 2.14. The molecule has 0 radical (unpaired) electrons. The lowest BCUT2D eigenvalue weighted by Crippen LogP contribution is -2.25. The lowest BCUT2D eigenvalue weighted by Gasteiger charge is -2.14. The fraction of sp³-hybridized carbons (Fsp3) is 0.200. The molecule has 0 saturated carbocycles. The van der Waals surface area contributed by atoms with Crippen molar-refractivity contribution in [3.05, 3.63) is 34.4 Å². The van der Waals surface area contributed by atoms with Crippen molar-refractivity contribution in [2.45, 2.75) is 17.9 Å². The zero-order valence-corrected chi connectivity index (χ0v) is 10.0. The summed E-state index contributed by atoms with van der Waals surface area (Å²) in [6.45, 7) is 1.50. The van der Waals surface area contributed by atoms with E-state index in [0.29, 0.717) is 0 Å². The second-order valence-electron chi connectivity index (χ2n) is 3.50. The molecular formula is C10H8N2O5S. The number of nitro benzene ring substituents is 1. The van der Waals surface area contributed by atoms with E-state index < -0.39 is 23.0 Å². The molecule has 1 heterocycles. The number of nitro groups is 1. The Kier molecular flexibility index (Phi) is 3.19. The number of esters is 1. The minimum atomic E-state index is -0.810. The Balaban J connectivity index is 2.27. The van der Waals surface area contributed by atoms with Crippen molar-refractivity contribution in [2.75, 3.05) is 0 Å². The number of hydrogen-bond donors (Lipinski definition) is 0. The van der Waals surface area contributed by atoms with Crippen LogP contribution in [-0.2, 0) is 9.53 Å². The van der Waals surface area contributed by atoms with Gasteiger partial charge < -0.3 is 4.74 Å². The first kappa shape index (κ1) is 12.4. The van der Waals surface area contributed by atoms with Crippen LogP contribution in [0.1, 0.15) is 6.92 Å². The van der Waals surface area contributed by atoms with Crippen LogP contribution in [0.2, 0.25) is 0 Å². The molecule has 1 aliphatic rings. The summed E-state index contributed by atoms with van der Waals surface area (Å²) in [6, 6.07) is 5.21. The van der Waals surface area contributed by atoms with Gasteiger partial charge in [0.2, 0.25) is 0 Å². The molecule has 7 nitrogen and oxygen atoms in total. The van der Waals surface area contributed by atoms with Gasteiger partial charge in [-0.05, 0) is 13.0 Å². The van der Waals surface area contributed by atoms with E-state index >= 15 is 0 Å². The van der Waals surface area contributed by atoms with E-state index in [1.165, 1.54) is 25.1 Å². The van der Waals surface area contributed by atoms with Crippen LogP contribution >= 0.6 is 11.9 Å². The molecule has 0 aromatic heterocycles. The molecule has 18 heavy (non-hydrogen) atoms. The third-order valence-electron chi connectivity index (χ3n) is 2.32. The van der Waals surface area contributed by atoms with Crippen LogP contribution in [0, 0.1) is 10.1 Å². The highest BCUT2D eigenvalue weighted by molar-refractivity contribution is 7.97. The summed E-state index contributed by atoms with van der Waals surface area (Å²) in [5.41, 5.74) is -0.123. The Morgan fingerprint density at radius 3 is 2.61 bits per heavy atom. The van der Waals surface area contributed by atoms with Gasteiger partial charge in [-0.3, -0.25) is 10.1 Å². The molecule has 94 valence electrons. The van der Waals surface area contributed by atoms with E-state index in [0.717, 1.165) is 16.3 Å². The normalized spacial score (nSPS) is 18.9. The van der Waals surface area contributed by atoms with Crippen LogP contribution in [-0.4, -0.2) is 27.3 Å². The summed E-state index contributed by atoms with van der Waals surface area (Å²) in [5, 5.41) is 10.8. The maximum absolute atomic E-state index is 11.4. The monoisotopic (exact) mass is 268 g/mol. The summed E-state index contributed by atoms with van der Waals surface area (Å²) in [5.74, 6) is -0.661. The molecule has 0 unspecified atom stereocenters. The van der Waals surface area contributed by atoms with Crippen LogP contribution in [0.3, 0.4) is 0 Å². The van der Waals surface area contributed by atoms with Crippen LogP contribution in [0.15, 0.2) is 29.2 Å². The predicted molar refractivity (Wildman–Crippen MR) is 61.7 cm³/mol. The molecule has 0 aliphatic carbocycles. The highest BCUT2D eigenvalue weighted by atomic mass is 32.2. The second-order valence-corrected chi connectivity index (χ2v) is 4.52. The number of benzene rings is 1. The van der Waals surface area contributed by atoms with Crippen molar-refractivity contribution >= 4 is 29.7 Å². The number of hydrogen-bond acceptors (Lipinski definition) is 6. The molecule has 1 aliphatic heterocycles. The van der Waals surface area contributed by atoms with E-state index in [4.69, 9.17) is 0 Å². The van der Waals surface area contributed by atoms with Crippen molar-refractivity contribution < 1.29 is 19.2 Å². The molecular weight excluding hydrogens is 260 g/mol. The Labute approximate surface area is 106 Å². The molecule has 2 rings (SSSR count). The first-order valence-corrected chi connectivity index (χ1v) is 5.74. The van der Waals surface area contributed by atoms with Gasteiger partial charge in [-0.25, -0.2) is 13.9 Å². The van der Waals surface area contributed by atoms with Crippen molar-refractivity contribution in [2.24, 2.45) is 0 Å². The van der Waals surface area contributed by atoms with Gasteiger partial charge in [-0.1, -0.05) is 12.1 Å². The van der Waals surface area contributed by atoms with Crippen LogP contribution in [0.4, 0.5) is 10.5 Å².